The molecule has 10 heteroatoms. The molecule has 0 unspecified atom stereocenters. The molecule has 0 aliphatic rings. The van der Waals surface area contributed by atoms with E-state index in [0.29, 0.717) is 49.2 Å². The summed E-state index contributed by atoms with van der Waals surface area (Å²) < 4.78 is 132. The number of benzene rings is 4. The first-order chi connectivity index (χ1) is 20.4. The van der Waals surface area contributed by atoms with E-state index in [4.69, 9.17) is 0 Å². The number of alkyl halides is 2. The highest BCUT2D eigenvalue weighted by molar-refractivity contribution is 5.47. The Morgan fingerprint density at radius 1 is 0.651 bits per heavy atom. The lowest BCUT2D eigenvalue weighted by atomic mass is 10.1. The van der Waals surface area contributed by atoms with Crippen LogP contribution in [0.1, 0.15) is 39.8 Å². The summed E-state index contributed by atoms with van der Waals surface area (Å²) in [5.41, 5.74) is -2.02. The van der Waals surface area contributed by atoms with Gasteiger partial charge in [-0.05, 0) is 60.9 Å². The summed E-state index contributed by atoms with van der Waals surface area (Å²) in [7, 11) is 0. The normalized spacial score (nSPS) is 10.8. The molecule has 4 aromatic carbocycles. The first kappa shape index (κ1) is 30.9. The summed E-state index contributed by atoms with van der Waals surface area (Å²) in [6, 6.07) is 8.43. The second kappa shape index (κ2) is 12.8. The second-order valence-electron chi connectivity index (χ2n) is 8.97. The van der Waals surface area contributed by atoms with Crippen molar-refractivity contribution in [1.29, 1.82) is 0 Å². The van der Waals surface area contributed by atoms with Crippen molar-refractivity contribution in [2.24, 2.45) is 0 Å². The lowest BCUT2D eigenvalue weighted by Crippen LogP contribution is -2.23. The number of hydrogen-bond acceptors (Lipinski definition) is 1. The Hall–Kier alpha value is -5.09. The summed E-state index contributed by atoms with van der Waals surface area (Å²) in [4.78, 5) is 0. The SMILES string of the molecule is C=CCCc1ccc(C#Cc2ccc(C(F)(F)Oc3cc(F)c(C#Cc4cc(F)c(F)c(F)c4)c(F)c3)c(F)c2)c(F)c1. The van der Waals surface area contributed by atoms with E-state index >= 15 is 0 Å². The standard InChI is InChI=1S/C33H17F9O/c1-2-3-4-19-5-9-22(26(34)13-19)10-6-20-8-12-25(29(37)14-20)33(41,42)43-23-17-27(35)24(28(36)18-23)11-7-21-15-30(38)32(40)31(39)16-21/h2,5,8-9,12-18H,1,3-4H2. The third-order valence-electron chi connectivity index (χ3n) is 5.87. The molecule has 0 aromatic heterocycles. The van der Waals surface area contributed by atoms with Crippen LogP contribution in [0.15, 0.2) is 73.3 Å². The van der Waals surface area contributed by atoms with Crippen LogP contribution in [0.3, 0.4) is 0 Å². The zero-order valence-corrected chi connectivity index (χ0v) is 21.8. The van der Waals surface area contributed by atoms with Crippen LogP contribution in [0.4, 0.5) is 39.5 Å². The average molecular weight is 600 g/mol. The van der Waals surface area contributed by atoms with E-state index in [0.717, 1.165) is 11.6 Å². The molecule has 0 heterocycles. The van der Waals surface area contributed by atoms with E-state index in [-0.39, 0.29) is 11.1 Å². The van der Waals surface area contributed by atoms with Crippen molar-refractivity contribution in [3.05, 3.63) is 147 Å². The van der Waals surface area contributed by atoms with Gasteiger partial charge in [-0.2, -0.15) is 8.78 Å². The van der Waals surface area contributed by atoms with Gasteiger partial charge in [-0.25, -0.2) is 30.7 Å². The maximum atomic E-state index is 14.8. The Kier molecular flexibility index (Phi) is 9.21. The molecule has 1 nitrogen and oxygen atoms in total. The van der Waals surface area contributed by atoms with E-state index in [1.165, 1.54) is 12.1 Å². The van der Waals surface area contributed by atoms with Crippen molar-refractivity contribution in [1.82, 2.24) is 0 Å². The van der Waals surface area contributed by atoms with Gasteiger partial charge in [0, 0.05) is 23.3 Å². The number of halogens is 9. The van der Waals surface area contributed by atoms with Gasteiger partial charge in [-0.1, -0.05) is 35.8 Å². The molecule has 0 aliphatic carbocycles. The summed E-state index contributed by atoms with van der Waals surface area (Å²) in [5.74, 6) is -2.00. The molecule has 43 heavy (non-hydrogen) atoms. The molecule has 0 saturated heterocycles. The van der Waals surface area contributed by atoms with Crippen LogP contribution >= 0.6 is 0 Å². The summed E-state index contributed by atoms with van der Waals surface area (Å²) >= 11 is 0. The van der Waals surface area contributed by atoms with Crippen molar-refractivity contribution in [3.63, 3.8) is 0 Å². The molecule has 0 atom stereocenters. The van der Waals surface area contributed by atoms with Gasteiger partial charge in [0.05, 0.1) is 11.1 Å². The molecular formula is C33H17F9O. The van der Waals surface area contributed by atoms with Crippen LogP contribution in [0.5, 0.6) is 5.75 Å². The molecule has 0 aliphatic heterocycles. The number of ether oxygens (including phenoxy) is 1. The fourth-order valence-electron chi connectivity index (χ4n) is 3.75. The van der Waals surface area contributed by atoms with Crippen molar-refractivity contribution >= 4 is 0 Å². The predicted octanol–water partition coefficient (Wildman–Crippen LogP) is 8.71. The van der Waals surface area contributed by atoms with E-state index in [1.54, 1.807) is 12.1 Å². The van der Waals surface area contributed by atoms with E-state index in [2.05, 4.69) is 23.2 Å². The Labute approximate surface area is 240 Å². The maximum absolute atomic E-state index is 14.8. The number of aryl methyl sites for hydroxylation is 1. The first-order valence-corrected chi connectivity index (χ1v) is 12.3. The van der Waals surface area contributed by atoms with E-state index < -0.39 is 69.3 Å². The fraction of sp³-hybridized carbons (Fsp3) is 0.0909. The van der Waals surface area contributed by atoms with Crippen molar-refractivity contribution in [2.75, 3.05) is 0 Å². The Bertz CT molecular complexity index is 1790. The van der Waals surface area contributed by atoms with Gasteiger partial charge in [-0.3, -0.25) is 0 Å². The highest BCUT2D eigenvalue weighted by atomic mass is 19.3. The zero-order chi connectivity index (χ0) is 31.3. The minimum Gasteiger partial charge on any atom is -0.429 e. The highest BCUT2D eigenvalue weighted by Gasteiger charge is 2.38. The minimum absolute atomic E-state index is 0.00897. The van der Waals surface area contributed by atoms with Crippen LogP contribution in [0, 0.1) is 64.4 Å². The quantitative estimate of drug-likeness (QED) is 0.0932. The van der Waals surface area contributed by atoms with Gasteiger partial charge in [0.15, 0.2) is 17.5 Å². The number of hydrogen-bond donors (Lipinski definition) is 0. The van der Waals surface area contributed by atoms with Gasteiger partial charge in [-0.15, -0.1) is 6.58 Å². The van der Waals surface area contributed by atoms with E-state index in [1.807, 2.05) is 11.8 Å². The third-order valence-corrected chi connectivity index (χ3v) is 5.87. The topological polar surface area (TPSA) is 9.23 Å². The van der Waals surface area contributed by atoms with Crippen LogP contribution < -0.4 is 4.74 Å². The predicted molar refractivity (Wildman–Crippen MR) is 140 cm³/mol. The summed E-state index contributed by atoms with van der Waals surface area (Å²) in [6.45, 7) is 3.60. The second-order valence-corrected chi connectivity index (χ2v) is 8.97. The van der Waals surface area contributed by atoms with Gasteiger partial charge in [0.1, 0.15) is 34.6 Å². The Morgan fingerprint density at radius 3 is 1.88 bits per heavy atom. The van der Waals surface area contributed by atoms with Crippen LogP contribution in [-0.4, -0.2) is 0 Å². The van der Waals surface area contributed by atoms with Crippen LogP contribution in [0.2, 0.25) is 0 Å². The first-order valence-electron chi connectivity index (χ1n) is 12.3. The molecule has 0 spiro atoms. The van der Waals surface area contributed by atoms with Gasteiger partial charge >= 0.3 is 6.11 Å². The average Bonchev–Trinajstić information content (AvgIpc) is 2.93. The minimum atomic E-state index is -4.40. The molecule has 0 bridgehead atoms. The van der Waals surface area contributed by atoms with E-state index in [9.17, 15) is 39.5 Å². The maximum Gasteiger partial charge on any atom is 0.429 e. The zero-order valence-electron chi connectivity index (χ0n) is 21.8. The number of allylic oxidation sites excluding steroid dienone is 1. The number of rotatable bonds is 6. The molecular weight excluding hydrogens is 583 g/mol. The summed E-state index contributed by atoms with van der Waals surface area (Å²) in [6.07, 6.45) is -1.48. The molecule has 218 valence electrons. The molecule has 0 radical (unpaired) electrons. The molecule has 0 N–H and O–H groups in total. The molecule has 4 rings (SSSR count). The molecule has 0 saturated carbocycles. The van der Waals surface area contributed by atoms with Crippen molar-refractivity contribution in [3.8, 4) is 29.4 Å². The monoisotopic (exact) mass is 600 g/mol. The largest absolute Gasteiger partial charge is 0.429 e. The summed E-state index contributed by atoms with van der Waals surface area (Å²) in [5, 5.41) is 0. The molecule has 0 fully saturated rings. The molecule has 4 aromatic rings. The lowest BCUT2D eigenvalue weighted by molar-refractivity contribution is -0.187. The lowest BCUT2D eigenvalue weighted by Gasteiger charge is -2.19. The van der Waals surface area contributed by atoms with Gasteiger partial charge in [0.2, 0.25) is 0 Å². The molecule has 0 amide bonds. The smallest absolute Gasteiger partial charge is 0.429 e. The van der Waals surface area contributed by atoms with Crippen LogP contribution in [-0.2, 0) is 12.5 Å². The highest BCUT2D eigenvalue weighted by Crippen LogP contribution is 2.34. The van der Waals surface area contributed by atoms with Gasteiger partial charge in [0.25, 0.3) is 0 Å². The van der Waals surface area contributed by atoms with Gasteiger partial charge < -0.3 is 4.74 Å². The fourth-order valence-corrected chi connectivity index (χ4v) is 3.75. The Morgan fingerprint density at radius 2 is 1.28 bits per heavy atom. The van der Waals surface area contributed by atoms with Crippen molar-refractivity contribution < 1.29 is 44.3 Å². The van der Waals surface area contributed by atoms with Crippen LogP contribution in [0.25, 0.3) is 0 Å². The third kappa shape index (κ3) is 7.41. The Balaban J connectivity index is 1.52. The van der Waals surface area contributed by atoms with Crippen molar-refractivity contribution in [2.45, 2.75) is 19.0 Å².